The van der Waals surface area contributed by atoms with E-state index in [1.54, 1.807) is 24.8 Å². The first-order chi connectivity index (χ1) is 38.7. The zero-order valence-corrected chi connectivity index (χ0v) is 55.6. The van der Waals surface area contributed by atoms with Crippen LogP contribution in [0.25, 0.3) is 102 Å². The topological polar surface area (TPSA) is 58.0 Å². The molecular formula is C63H74N6S9Si. The summed E-state index contributed by atoms with van der Waals surface area (Å²) in [6.45, 7) is 20.0. The smallest absolute Gasteiger partial charge is 0.124 e. The molecule has 2 unspecified atom stereocenters. The Kier molecular flexibility index (Phi) is 17.3. The van der Waals surface area contributed by atoms with Gasteiger partial charge in [0, 0.05) is 106 Å². The molecule has 0 radical (unpaired) electrons. The Morgan fingerprint density at radius 3 is 1.38 bits per heavy atom. The van der Waals surface area contributed by atoms with Gasteiger partial charge in [-0.25, -0.2) is 0 Å². The van der Waals surface area contributed by atoms with Crippen molar-refractivity contribution in [3.8, 4) is 51.5 Å². The van der Waals surface area contributed by atoms with E-state index in [2.05, 4.69) is 160 Å². The lowest BCUT2D eigenvalue weighted by Crippen LogP contribution is -2.57. The molecule has 1 aliphatic heterocycles. The molecule has 0 bridgehead atoms. The van der Waals surface area contributed by atoms with E-state index >= 15 is 0 Å². The van der Waals surface area contributed by atoms with E-state index in [9.17, 15) is 0 Å². The highest BCUT2D eigenvalue weighted by Gasteiger charge is 2.51. The fourth-order valence-corrected chi connectivity index (χ4v) is 31.2. The third-order valence-electron chi connectivity index (χ3n) is 17.0. The van der Waals surface area contributed by atoms with Crippen molar-refractivity contribution in [1.29, 1.82) is 0 Å². The van der Waals surface area contributed by atoms with E-state index in [1.807, 2.05) is 45.3 Å². The van der Waals surface area contributed by atoms with Crippen LogP contribution in [0.15, 0.2) is 60.7 Å². The third-order valence-corrected chi connectivity index (χ3v) is 32.7. The summed E-state index contributed by atoms with van der Waals surface area (Å²) < 4.78 is 28.9. The van der Waals surface area contributed by atoms with Crippen LogP contribution in [0, 0.1) is 11.8 Å². The number of thiophene rings is 7. The molecule has 0 saturated carbocycles. The second-order valence-electron chi connectivity index (χ2n) is 22.3. The fourth-order valence-electron chi connectivity index (χ4n) is 12.5. The van der Waals surface area contributed by atoms with Gasteiger partial charge in [-0.2, -0.15) is 17.5 Å². The van der Waals surface area contributed by atoms with Crippen LogP contribution >= 0.6 is 103 Å². The van der Waals surface area contributed by atoms with E-state index in [-0.39, 0.29) is 0 Å². The van der Waals surface area contributed by atoms with Gasteiger partial charge in [-0.05, 0) is 90.0 Å². The van der Waals surface area contributed by atoms with Gasteiger partial charge in [-0.1, -0.05) is 143 Å². The van der Waals surface area contributed by atoms with Crippen LogP contribution in [0.1, 0.15) is 138 Å². The maximum atomic E-state index is 5.12. The summed E-state index contributed by atoms with van der Waals surface area (Å²) >= 11 is 16.7. The summed E-state index contributed by atoms with van der Waals surface area (Å²) in [7, 11) is -0.123. The molecule has 0 spiro atoms. The molecule has 1 aliphatic rings. The van der Waals surface area contributed by atoms with E-state index in [0.717, 1.165) is 41.7 Å². The van der Waals surface area contributed by atoms with Crippen molar-refractivity contribution in [1.82, 2.24) is 17.5 Å². The molecule has 0 amide bonds. The minimum atomic E-state index is -2.36. The molecule has 9 aromatic heterocycles. The molecular weight excluding hydrogens is 1160 g/mol. The van der Waals surface area contributed by atoms with Gasteiger partial charge < -0.3 is 9.80 Å². The van der Waals surface area contributed by atoms with Crippen molar-refractivity contribution in [3.63, 3.8) is 0 Å². The summed E-state index contributed by atoms with van der Waals surface area (Å²) in [4.78, 5) is 13.5. The average Bonchev–Trinajstić information content (AvgIpc) is 3.55. The van der Waals surface area contributed by atoms with Gasteiger partial charge in [0.15, 0.2) is 0 Å². The summed E-state index contributed by atoms with van der Waals surface area (Å²) in [6.07, 6.45) is 17.6. The summed E-state index contributed by atoms with van der Waals surface area (Å²) in [5.74, 6) is 1.42. The molecule has 2 atom stereocenters. The normalized spacial score (nSPS) is 15.2. The van der Waals surface area contributed by atoms with Crippen LogP contribution in [0.2, 0.25) is 12.1 Å². The first kappa shape index (κ1) is 56.1. The minimum Gasteiger partial charge on any atom is -0.366 e. The molecule has 0 fully saturated rings. The number of fused-ring (bicyclic) bond motifs is 9. The number of aromatic nitrogens is 4. The van der Waals surface area contributed by atoms with Gasteiger partial charge in [0.2, 0.25) is 0 Å². The number of nitrogens with zero attached hydrogens (tertiary/aromatic N) is 6. The van der Waals surface area contributed by atoms with Gasteiger partial charge in [0.1, 0.15) is 30.1 Å². The molecule has 2 aromatic carbocycles. The zero-order valence-electron chi connectivity index (χ0n) is 47.2. The molecule has 11 aromatic rings. The fraction of sp³-hybridized carbons (Fsp3) is 0.460. The van der Waals surface area contributed by atoms with Gasteiger partial charge in [0.25, 0.3) is 0 Å². The zero-order chi connectivity index (χ0) is 54.4. The lowest BCUT2D eigenvalue weighted by Gasteiger charge is -2.36. The van der Waals surface area contributed by atoms with Crippen molar-refractivity contribution in [3.05, 3.63) is 60.7 Å². The summed E-state index contributed by atoms with van der Waals surface area (Å²) in [5, 5.41) is 6.28. The van der Waals surface area contributed by atoms with Crippen LogP contribution in [0.4, 0.5) is 10.0 Å². The quantitative estimate of drug-likeness (QED) is 0.0478. The van der Waals surface area contributed by atoms with Crippen LogP contribution in [0.3, 0.4) is 0 Å². The largest absolute Gasteiger partial charge is 0.366 e. The Labute approximate surface area is 505 Å². The highest BCUT2D eigenvalue weighted by Crippen LogP contribution is 2.54. The average molecular weight is 1230 g/mol. The van der Waals surface area contributed by atoms with Gasteiger partial charge in [-0.3, -0.25) is 0 Å². The number of anilines is 2. The maximum absolute atomic E-state index is 5.12. The Bertz CT molecular complexity index is 3780. The number of benzene rings is 2. The molecule has 79 heavy (non-hydrogen) atoms. The predicted molar refractivity (Wildman–Crippen MR) is 365 cm³/mol. The second-order valence-corrected chi connectivity index (χ2v) is 34.9. The molecule has 12 rings (SSSR count). The Morgan fingerprint density at radius 1 is 0.443 bits per heavy atom. The van der Waals surface area contributed by atoms with Crippen LogP contribution in [-0.4, -0.2) is 52.2 Å². The molecule has 0 N–H and O–H groups in total. The Balaban J connectivity index is 0.938. The van der Waals surface area contributed by atoms with E-state index in [4.69, 9.17) is 17.5 Å². The maximum Gasteiger partial charge on any atom is 0.124 e. The lowest BCUT2D eigenvalue weighted by molar-refractivity contribution is 0.469. The van der Waals surface area contributed by atoms with Gasteiger partial charge in [-0.15, -0.1) is 79.4 Å². The lowest BCUT2D eigenvalue weighted by atomic mass is 10.0. The standard InChI is InChI=1S/C63H74N6S9Si/c1-9-16-21-38(14-6)36-79(37-39(15-7)22-17-10-2)53-33-47(43-26-24-41(57-59(43)67-78-65-57)44-30-48-50(70-44)34-54(72-48)68(8)27-18-11-3)75-61(53)62-63(79)60-52(76-62)32-46(74-60)42-25-23-40(56-58(42)66-77-64-56)45-31-49-51(71-45)35-55(73-49)69(28-19-12-4)29-20-13-5/h23-26,30-35,38-39H,9-22,27-29,36-37H2,1-8H3. The van der Waals surface area contributed by atoms with Crippen molar-refractivity contribution >= 4 is 182 Å². The van der Waals surface area contributed by atoms with Crippen LogP contribution < -0.4 is 20.2 Å². The molecule has 16 heteroatoms. The number of hydrogen-bond acceptors (Lipinski definition) is 15. The highest BCUT2D eigenvalue weighted by atomic mass is 32.1. The van der Waals surface area contributed by atoms with Gasteiger partial charge >= 0.3 is 0 Å². The van der Waals surface area contributed by atoms with Crippen LogP contribution in [0.5, 0.6) is 0 Å². The molecule has 6 nitrogen and oxygen atoms in total. The molecule has 414 valence electrons. The van der Waals surface area contributed by atoms with Crippen molar-refractivity contribution in [2.24, 2.45) is 11.8 Å². The SMILES string of the molecule is CCCCC(CC)C[Si]1(CC(CC)CCCC)c2cc(-c3ccc(-c4cc5sc(N(C)CCCC)cc5s4)c4nsnc34)sc2-c2sc3cc(-c4ccc(-c5cc6sc(N(CCCC)CCCC)cc6s5)c5nsnc45)sc3c21. The van der Waals surface area contributed by atoms with Crippen molar-refractivity contribution < 1.29 is 0 Å². The number of rotatable bonds is 27. The first-order valence-electron chi connectivity index (χ1n) is 29.5. The van der Waals surface area contributed by atoms with Gasteiger partial charge in [0.05, 0.1) is 33.5 Å². The number of unbranched alkanes of at least 4 members (excludes halogenated alkanes) is 5. The van der Waals surface area contributed by atoms with Crippen molar-refractivity contribution in [2.75, 3.05) is 36.5 Å². The molecule has 0 saturated heterocycles. The van der Waals surface area contributed by atoms with E-state index in [0.29, 0.717) is 11.8 Å². The third kappa shape index (κ3) is 10.6. The molecule has 0 aliphatic carbocycles. The van der Waals surface area contributed by atoms with Crippen LogP contribution in [-0.2, 0) is 0 Å². The predicted octanol–water partition coefficient (Wildman–Crippen LogP) is 21.9. The number of hydrogen-bond donors (Lipinski definition) is 0. The monoisotopic (exact) mass is 1230 g/mol. The summed E-state index contributed by atoms with van der Waals surface area (Å²) in [6, 6.07) is 27.1. The molecule has 10 heterocycles. The van der Waals surface area contributed by atoms with E-state index in [1.165, 1.54) is 201 Å². The first-order valence-corrected chi connectivity index (χ1v) is 39.1. The second kappa shape index (κ2) is 24.4. The Hall–Kier alpha value is -3.42. The highest BCUT2D eigenvalue weighted by molar-refractivity contribution is 7.39. The van der Waals surface area contributed by atoms with Crippen molar-refractivity contribution in [2.45, 2.75) is 150 Å². The Morgan fingerprint density at radius 2 is 0.886 bits per heavy atom. The summed E-state index contributed by atoms with van der Waals surface area (Å²) in [5.41, 5.74) is 9.10. The minimum absolute atomic E-state index is 0.710. The van der Waals surface area contributed by atoms with E-state index < -0.39 is 8.07 Å².